The first-order valence-corrected chi connectivity index (χ1v) is 11.5. The lowest BCUT2D eigenvalue weighted by Crippen LogP contribution is -2.38. The Morgan fingerprint density at radius 3 is 2.41 bits per heavy atom. The maximum Gasteiger partial charge on any atom is 0.404 e. The topological polar surface area (TPSA) is 90.0 Å². The van der Waals surface area contributed by atoms with Crippen molar-refractivity contribution in [2.45, 2.75) is 44.1 Å². The van der Waals surface area contributed by atoms with E-state index in [9.17, 15) is 4.79 Å². The van der Waals surface area contributed by atoms with E-state index >= 15 is 0 Å². The molecule has 0 radical (unpaired) electrons. The maximum atomic E-state index is 10.7. The Hall–Kier alpha value is -3.12. The van der Waals surface area contributed by atoms with Gasteiger partial charge in [0.05, 0.1) is 11.9 Å². The van der Waals surface area contributed by atoms with Crippen molar-refractivity contribution in [1.82, 2.24) is 20.6 Å². The zero-order valence-electron chi connectivity index (χ0n) is 18.3. The molecule has 0 bridgehead atoms. The molecule has 1 aliphatic carbocycles. The molecule has 1 unspecified atom stereocenters. The molecule has 168 valence electrons. The van der Waals surface area contributed by atoms with E-state index in [4.69, 9.17) is 10.1 Å². The van der Waals surface area contributed by atoms with Gasteiger partial charge in [0.2, 0.25) is 0 Å². The fourth-order valence-corrected chi connectivity index (χ4v) is 4.58. The average molecular weight is 433 g/mol. The number of imidazole rings is 1. The molecular weight excluding hydrogens is 400 g/mol. The molecule has 2 aromatic carbocycles. The van der Waals surface area contributed by atoms with Crippen LogP contribution in [0.25, 0.3) is 11.3 Å². The molecule has 1 heterocycles. The van der Waals surface area contributed by atoms with Crippen LogP contribution in [0.3, 0.4) is 0 Å². The van der Waals surface area contributed by atoms with E-state index in [0.29, 0.717) is 18.5 Å². The van der Waals surface area contributed by atoms with Crippen molar-refractivity contribution < 1.29 is 9.90 Å². The van der Waals surface area contributed by atoms with Gasteiger partial charge in [0, 0.05) is 25.0 Å². The first-order chi connectivity index (χ1) is 15.7. The molecular formula is C26H32N4O2. The zero-order valence-corrected chi connectivity index (χ0v) is 18.3. The summed E-state index contributed by atoms with van der Waals surface area (Å²) >= 11 is 0. The van der Waals surface area contributed by atoms with Gasteiger partial charge >= 0.3 is 6.09 Å². The van der Waals surface area contributed by atoms with Crippen LogP contribution in [0, 0.1) is 5.92 Å². The molecule has 0 spiro atoms. The molecule has 0 aliphatic heterocycles. The Balaban J connectivity index is 1.39. The van der Waals surface area contributed by atoms with Gasteiger partial charge in [0.25, 0.3) is 0 Å². The lowest BCUT2D eigenvalue weighted by Gasteiger charge is -2.30. The molecule has 1 aliphatic rings. The van der Waals surface area contributed by atoms with Gasteiger partial charge in [-0.05, 0) is 49.1 Å². The molecule has 1 fully saturated rings. The molecule has 1 amide bonds. The summed E-state index contributed by atoms with van der Waals surface area (Å²) in [5.74, 6) is 1.71. The van der Waals surface area contributed by atoms with E-state index in [2.05, 4.69) is 58.1 Å². The van der Waals surface area contributed by atoms with Crippen LogP contribution in [0.1, 0.15) is 43.0 Å². The van der Waals surface area contributed by atoms with Crippen LogP contribution in [0.15, 0.2) is 66.9 Å². The van der Waals surface area contributed by atoms with Crippen LogP contribution >= 0.6 is 0 Å². The first-order valence-electron chi connectivity index (χ1n) is 11.5. The Bertz CT molecular complexity index is 966. The first kappa shape index (κ1) is 22.1. The minimum Gasteiger partial charge on any atom is -0.465 e. The van der Waals surface area contributed by atoms with Gasteiger partial charge in [0.15, 0.2) is 0 Å². The highest BCUT2D eigenvalue weighted by atomic mass is 16.4. The number of hydrogen-bond acceptors (Lipinski definition) is 3. The van der Waals surface area contributed by atoms with Crippen LogP contribution in [0.2, 0.25) is 0 Å². The Morgan fingerprint density at radius 2 is 1.72 bits per heavy atom. The van der Waals surface area contributed by atoms with Crippen LogP contribution in [-0.2, 0) is 6.42 Å². The van der Waals surface area contributed by atoms with Crippen molar-refractivity contribution in [3.05, 3.63) is 78.2 Å². The predicted molar refractivity (Wildman–Crippen MR) is 127 cm³/mol. The van der Waals surface area contributed by atoms with Gasteiger partial charge in [-0.15, -0.1) is 0 Å². The average Bonchev–Trinajstić information content (AvgIpc) is 3.32. The number of benzene rings is 2. The molecule has 1 aromatic heterocycles. The Labute approximate surface area is 189 Å². The van der Waals surface area contributed by atoms with Gasteiger partial charge in [-0.3, -0.25) is 0 Å². The molecule has 6 nitrogen and oxygen atoms in total. The van der Waals surface area contributed by atoms with Crippen molar-refractivity contribution in [1.29, 1.82) is 0 Å². The molecule has 32 heavy (non-hydrogen) atoms. The standard InChI is InChI=1S/C26H32N4O2/c31-26(32)29-16-20-11-13-23(14-12-20)27-17-22(15-19-7-3-1-4-8-19)25-28-18-24(30-25)21-9-5-2-6-10-21/h1-10,18,20,22-23,27,29H,11-17H2,(H,28,30)(H,31,32). The van der Waals surface area contributed by atoms with Crippen LogP contribution < -0.4 is 10.6 Å². The quantitative estimate of drug-likeness (QED) is 0.390. The zero-order chi connectivity index (χ0) is 22.2. The van der Waals surface area contributed by atoms with Crippen molar-refractivity contribution >= 4 is 6.09 Å². The largest absolute Gasteiger partial charge is 0.465 e. The van der Waals surface area contributed by atoms with Gasteiger partial charge in [-0.25, -0.2) is 9.78 Å². The molecule has 4 rings (SSSR count). The highest BCUT2D eigenvalue weighted by molar-refractivity contribution is 5.64. The van der Waals surface area contributed by atoms with E-state index in [1.54, 1.807) is 0 Å². The molecule has 6 heteroatoms. The lowest BCUT2D eigenvalue weighted by molar-refractivity contribution is 0.189. The number of aromatic nitrogens is 2. The van der Waals surface area contributed by atoms with Crippen molar-refractivity contribution in [3.8, 4) is 11.3 Å². The fourth-order valence-electron chi connectivity index (χ4n) is 4.58. The summed E-state index contributed by atoms with van der Waals surface area (Å²) < 4.78 is 0. The Kier molecular flexibility index (Phi) is 7.56. The summed E-state index contributed by atoms with van der Waals surface area (Å²) in [5.41, 5.74) is 3.50. The van der Waals surface area contributed by atoms with Gasteiger partial charge in [-0.2, -0.15) is 0 Å². The smallest absolute Gasteiger partial charge is 0.404 e. The van der Waals surface area contributed by atoms with Crippen LogP contribution in [-0.4, -0.2) is 40.3 Å². The van der Waals surface area contributed by atoms with E-state index in [1.807, 2.05) is 24.4 Å². The molecule has 1 saturated carbocycles. The predicted octanol–water partition coefficient (Wildman–Crippen LogP) is 4.82. The minimum absolute atomic E-state index is 0.251. The Morgan fingerprint density at radius 1 is 1.03 bits per heavy atom. The maximum absolute atomic E-state index is 10.7. The summed E-state index contributed by atoms with van der Waals surface area (Å²) in [5, 5.41) is 15.1. The summed E-state index contributed by atoms with van der Waals surface area (Å²) in [4.78, 5) is 19.0. The van der Waals surface area contributed by atoms with E-state index < -0.39 is 6.09 Å². The van der Waals surface area contributed by atoms with Crippen molar-refractivity contribution in [3.63, 3.8) is 0 Å². The van der Waals surface area contributed by atoms with E-state index in [0.717, 1.165) is 55.7 Å². The number of H-pyrrole nitrogens is 1. The normalized spacial score (nSPS) is 19.4. The minimum atomic E-state index is -0.928. The van der Waals surface area contributed by atoms with E-state index in [1.165, 1.54) is 5.56 Å². The number of amides is 1. The van der Waals surface area contributed by atoms with Gasteiger partial charge in [-0.1, -0.05) is 60.7 Å². The third kappa shape index (κ3) is 6.20. The van der Waals surface area contributed by atoms with Gasteiger partial charge < -0.3 is 20.7 Å². The number of nitrogens with zero attached hydrogens (tertiary/aromatic N) is 1. The number of rotatable bonds is 9. The molecule has 0 saturated heterocycles. The summed E-state index contributed by atoms with van der Waals surface area (Å²) in [7, 11) is 0. The number of hydrogen-bond donors (Lipinski definition) is 4. The third-order valence-electron chi connectivity index (χ3n) is 6.43. The second kappa shape index (κ2) is 11.0. The van der Waals surface area contributed by atoms with Crippen LogP contribution in [0.4, 0.5) is 4.79 Å². The molecule has 1 atom stereocenters. The lowest BCUT2D eigenvalue weighted by atomic mass is 9.85. The number of aromatic amines is 1. The van der Waals surface area contributed by atoms with Crippen molar-refractivity contribution in [2.75, 3.05) is 13.1 Å². The summed E-state index contributed by atoms with van der Waals surface area (Å²) in [6.45, 7) is 1.42. The SMILES string of the molecule is O=C(O)NCC1CCC(NCC(Cc2ccccc2)c2ncc(-c3ccccc3)[nH]2)CC1. The second-order valence-corrected chi connectivity index (χ2v) is 8.75. The van der Waals surface area contributed by atoms with E-state index in [-0.39, 0.29) is 5.92 Å². The number of carbonyl (C=O) groups is 1. The second-order valence-electron chi connectivity index (χ2n) is 8.75. The third-order valence-corrected chi connectivity index (χ3v) is 6.43. The highest BCUT2D eigenvalue weighted by Crippen LogP contribution is 2.26. The number of nitrogens with one attached hydrogen (secondary N) is 3. The number of carboxylic acid groups (broad SMARTS) is 1. The monoisotopic (exact) mass is 432 g/mol. The fraction of sp³-hybridized carbons (Fsp3) is 0.385. The highest BCUT2D eigenvalue weighted by Gasteiger charge is 2.23. The molecule has 4 N–H and O–H groups in total. The summed E-state index contributed by atoms with van der Waals surface area (Å²) in [6, 6.07) is 21.3. The summed E-state index contributed by atoms with van der Waals surface area (Å²) in [6.07, 6.45) is 6.20. The van der Waals surface area contributed by atoms with Gasteiger partial charge in [0.1, 0.15) is 5.82 Å². The van der Waals surface area contributed by atoms with Crippen LogP contribution in [0.5, 0.6) is 0 Å². The molecule has 3 aromatic rings. The van der Waals surface area contributed by atoms with Crippen molar-refractivity contribution in [2.24, 2.45) is 5.92 Å².